The molecule has 2 aliphatic heterocycles. The molecular formula is C19H23N3OS. The summed E-state index contributed by atoms with van der Waals surface area (Å²) in [7, 11) is 0. The molecule has 1 amide bonds. The van der Waals surface area contributed by atoms with Crippen LogP contribution in [-0.4, -0.2) is 41.0 Å². The summed E-state index contributed by atoms with van der Waals surface area (Å²) in [4.78, 5) is 19.3. The van der Waals surface area contributed by atoms with Crippen molar-refractivity contribution < 1.29 is 4.79 Å². The number of amides is 1. The van der Waals surface area contributed by atoms with E-state index in [0.29, 0.717) is 18.5 Å². The molecule has 0 aliphatic carbocycles. The van der Waals surface area contributed by atoms with Crippen molar-refractivity contribution in [3.05, 3.63) is 52.0 Å². The Morgan fingerprint density at radius 2 is 2.04 bits per heavy atom. The Morgan fingerprint density at radius 3 is 2.92 bits per heavy atom. The first kappa shape index (κ1) is 15.8. The summed E-state index contributed by atoms with van der Waals surface area (Å²) in [6, 6.07) is 11.5. The Labute approximate surface area is 146 Å². The number of likely N-dealkylation sites (tertiary alicyclic amines) is 1. The van der Waals surface area contributed by atoms with Gasteiger partial charge in [0.1, 0.15) is 0 Å². The number of carbonyl (C=O) groups is 1. The minimum absolute atomic E-state index is 0.223. The number of nitrogens with one attached hydrogen (secondary N) is 1. The third kappa shape index (κ3) is 3.68. The van der Waals surface area contributed by atoms with E-state index in [-0.39, 0.29) is 5.91 Å². The Hall–Kier alpha value is -1.72. The summed E-state index contributed by atoms with van der Waals surface area (Å²) in [5.41, 5.74) is 2.18. The number of thiazole rings is 1. The number of nitrogens with zero attached hydrogens (tertiary/aromatic N) is 2. The molecule has 2 bridgehead atoms. The van der Waals surface area contributed by atoms with Crippen LogP contribution in [0.4, 0.5) is 0 Å². The first-order valence-corrected chi connectivity index (χ1v) is 9.65. The number of hydrogen-bond donors (Lipinski definition) is 1. The monoisotopic (exact) mass is 341 g/mol. The van der Waals surface area contributed by atoms with Gasteiger partial charge >= 0.3 is 0 Å². The van der Waals surface area contributed by atoms with Gasteiger partial charge in [-0.05, 0) is 24.8 Å². The lowest BCUT2D eigenvalue weighted by molar-refractivity contribution is -0.130. The van der Waals surface area contributed by atoms with Gasteiger partial charge in [-0.25, -0.2) is 4.98 Å². The molecule has 2 aromatic rings. The summed E-state index contributed by atoms with van der Waals surface area (Å²) in [5.74, 6) is 0.223. The van der Waals surface area contributed by atoms with Gasteiger partial charge in [0.15, 0.2) is 0 Å². The van der Waals surface area contributed by atoms with E-state index in [0.717, 1.165) is 36.6 Å². The molecule has 2 saturated heterocycles. The molecule has 3 heterocycles. The van der Waals surface area contributed by atoms with E-state index in [2.05, 4.69) is 34.6 Å². The van der Waals surface area contributed by atoms with E-state index in [1.165, 1.54) is 18.4 Å². The second kappa shape index (κ2) is 7.03. The SMILES string of the molecule is O=C(Cc1csc(Cc2ccccc2)n1)N1CCC2CCC(C1)N2. The van der Waals surface area contributed by atoms with Crippen molar-refractivity contribution in [1.82, 2.24) is 15.2 Å². The number of rotatable bonds is 4. The smallest absolute Gasteiger partial charge is 0.228 e. The number of benzene rings is 1. The maximum absolute atomic E-state index is 12.6. The zero-order chi connectivity index (χ0) is 16.4. The van der Waals surface area contributed by atoms with Crippen LogP contribution < -0.4 is 5.32 Å². The first-order valence-electron chi connectivity index (χ1n) is 8.77. The van der Waals surface area contributed by atoms with E-state index in [4.69, 9.17) is 0 Å². The fourth-order valence-corrected chi connectivity index (χ4v) is 4.55. The molecular weight excluding hydrogens is 318 g/mol. The van der Waals surface area contributed by atoms with Gasteiger partial charge in [0.2, 0.25) is 5.91 Å². The molecule has 2 unspecified atom stereocenters. The molecule has 2 aliphatic rings. The molecule has 4 rings (SSSR count). The van der Waals surface area contributed by atoms with Gasteiger partial charge in [0.05, 0.1) is 17.1 Å². The number of hydrogen-bond acceptors (Lipinski definition) is 4. The van der Waals surface area contributed by atoms with E-state index in [9.17, 15) is 4.79 Å². The minimum Gasteiger partial charge on any atom is -0.341 e. The number of carbonyl (C=O) groups excluding carboxylic acids is 1. The van der Waals surface area contributed by atoms with Crippen molar-refractivity contribution in [2.24, 2.45) is 0 Å². The van der Waals surface area contributed by atoms with Gasteiger partial charge in [0.25, 0.3) is 0 Å². The summed E-state index contributed by atoms with van der Waals surface area (Å²) in [5, 5.41) is 6.75. The lowest BCUT2D eigenvalue weighted by atomic mass is 10.1. The molecule has 2 fully saturated rings. The Kier molecular flexibility index (Phi) is 4.63. The maximum atomic E-state index is 12.6. The highest BCUT2D eigenvalue weighted by Gasteiger charge is 2.31. The molecule has 4 nitrogen and oxygen atoms in total. The third-order valence-electron chi connectivity index (χ3n) is 5.01. The molecule has 24 heavy (non-hydrogen) atoms. The van der Waals surface area contributed by atoms with Crippen LogP contribution in [0.1, 0.15) is 35.5 Å². The molecule has 1 aromatic heterocycles. The lowest BCUT2D eigenvalue weighted by Crippen LogP contribution is -2.39. The molecule has 5 heteroatoms. The molecule has 126 valence electrons. The normalized spacial score (nSPS) is 23.2. The number of fused-ring (bicyclic) bond motifs is 2. The van der Waals surface area contributed by atoms with Crippen LogP contribution >= 0.6 is 11.3 Å². The molecule has 0 spiro atoms. The largest absolute Gasteiger partial charge is 0.341 e. The van der Waals surface area contributed by atoms with Crippen LogP contribution in [0, 0.1) is 0 Å². The van der Waals surface area contributed by atoms with Crippen molar-refractivity contribution in [2.45, 2.75) is 44.2 Å². The van der Waals surface area contributed by atoms with Crippen LogP contribution in [0.3, 0.4) is 0 Å². The summed E-state index contributed by atoms with van der Waals surface area (Å²) < 4.78 is 0. The standard InChI is InChI=1S/C19H23N3OS/c23-19(22-9-8-15-6-7-16(12-22)20-15)11-17-13-24-18(21-17)10-14-4-2-1-3-5-14/h1-5,13,15-16,20H,6-12H2. The van der Waals surface area contributed by atoms with Gasteiger partial charge in [-0.1, -0.05) is 30.3 Å². The van der Waals surface area contributed by atoms with E-state index in [1.54, 1.807) is 11.3 Å². The average Bonchev–Trinajstić information content (AvgIpc) is 3.14. The van der Waals surface area contributed by atoms with Gasteiger partial charge < -0.3 is 10.2 Å². The second-order valence-corrected chi connectivity index (χ2v) is 7.78. The van der Waals surface area contributed by atoms with E-state index in [1.807, 2.05) is 16.3 Å². The van der Waals surface area contributed by atoms with Crippen molar-refractivity contribution in [3.63, 3.8) is 0 Å². The second-order valence-electron chi connectivity index (χ2n) is 6.84. The topological polar surface area (TPSA) is 45.2 Å². The van der Waals surface area contributed by atoms with Crippen molar-refractivity contribution in [3.8, 4) is 0 Å². The first-order chi connectivity index (χ1) is 11.8. The molecule has 0 saturated carbocycles. The van der Waals surface area contributed by atoms with Crippen LogP contribution in [0.15, 0.2) is 35.7 Å². The summed E-state index contributed by atoms with van der Waals surface area (Å²) in [6.45, 7) is 1.74. The highest BCUT2D eigenvalue weighted by Crippen LogP contribution is 2.21. The minimum atomic E-state index is 0.223. The maximum Gasteiger partial charge on any atom is 0.228 e. The zero-order valence-corrected chi connectivity index (χ0v) is 14.6. The van der Waals surface area contributed by atoms with E-state index < -0.39 is 0 Å². The molecule has 0 radical (unpaired) electrons. The predicted octanol–water partition coefficient (Wildman–Crippen LogP) is 2.63. The fourth-order valence-electron chi connectivity index (χ4n) is 3.72. The summed E-state index contributed by atoms with van der Waals surface area (Å²) >= 11 is 1.66. The van der Waals surface area contributed by atoms with Crippen LogP contribution in [0.25, 0.3) is 0 Å². The average molecular weight is 341 g/mol. The lowest BCUT2D eigenvalue weighted by Gasteiger charge is -2.24. The summed E-state index contributed by atoms with van der Waals surface area (Å²) in [6.07, 6.45) is 4.83. The van der Waals surface area contributed by atoms with Gasteiger partial charge in [0, 0.05) is 37.0 Å². The van der Waals surface area contributed by atoms with Gasteiger partial charge in [-0.2, -0.15) is 0 Å². The highest BCUT2D eigenvalue weighted by atomic mass is 32.1. The number of aromatic nitrogens is 1. The van der Waals surface area contributed by atoms with E-state index >= 15 is 0 Å². The third-order valence-corrected chi connectivity index (χ3v) is 5.90. The van der Waals surface area contributed by atoms with Crippen molar-refractivity contribution in [1.29, 1.82) is 0 Å². The zero-order valence-electron chi connectivity index (χ0n) is 13.8. The molecule has 1 aromatic carbocycles. The molecule has 1 N–H and O–H groups in total. The fraction of sp³-hybridized carbons (Fsp3) is 0.474. The Morgan fingerprint density at radius 1 is 1.21 bits per heavy atom. The van der Waals surface area contributed by atoms with Crippen LogP contribution in [-0.2, 0) is 17.6 Å². The van der Waals surface area contributed by atoms with Crippen LogP contribution in [0.2, 0.25) is 0 Å². The highest BCUT2D eigenvalue weighted by molar-refractivity contribution is 7.09. The van der Waals surface area contributed by atoms with Crippen LogP contribution in [0.5, 0.6) is 0 Å². The van der Waals surface area contributed by atoms with Crippen molar-refractivity contribution in [2.75, 3.05) is 13.1 Å². The Bertz CT molecular complexity index is 700. The van der Waals surface area contributed by atoms with Gasteiger partial charge in [-0.3, -0.25) is 4.79 Å². The molecule has 2 atom stereocenters. The predicted molar refractivity (Wildman–Crippen MR) is 96.2 cm³/mol. The Balaban J connectivity index is 1.36. The van der Waals surface area contributed by atoms with Crippen molar-refractivity contribution >= 4 is 17.2 Å². The quantitative estimate of drug-likeness (QED) is 0.930. The van der Waals surface area contributed by atoms with Gasteiger partial charge in [-0.15, -0.1) is 11.3 Å².